The molecule has 0 radical (unpaired) electrons. The summed E-state index contributed by atoms with van der Waals surface area (Å²) in [6, 6.07) is 25.4. The summed E-state index contributed by atoms with van der Waals surface area (Å²) in [6.45, 7) is 5.08. The highest BCUT2D eigenvalue weighted by Crippen LogP contribution is 2.29. The second kappa shape index (κ2) is 8.36. The van der Waals surface area contributed by atoms with Crippen LogP contribution in [0.4, 0.5) is 0 Å². The number of carbonyl (C=O) groups is 1. The van der Waals surface area contributed by atoms with E-state index in [4.69, 9.17) is 0 Å². The van der Waals surface area contributed by atoms with Crippen molar-refractivity contribution in [3.05, 3.63) is 108 Å². The van der Waals surface area contributed by atoms with Crippen LogP contribution in [0.2, 0.25) is 0 Å². The molecule has 0 saturated carbocycles. The summed E-state index contributed by atoms with van der Waals surface area (Å²) in [7, 11) is 0. The molecule has 1 amide bonds. The number of aromatic nitrogens is 2. The number of hydrogen-bond acceptors (Lipinski definition) is 3. The zero-order valence-electron chi connectivity index (χ0n) is 17.7. The Labute approximate surface area is 182 Å². The van der Waals surface area contributed by atoms with E-state index in [1.807, 2.05) is 40.8 Å². The van der Waals surface area contributed by atoms with Crippen LogP contribution in [0, 0.1) is 6.92 Å². The average Bonchev–Trinajstić information content (AvgIpc) is 3.24. The largest absolute Gasteiger partial charge is 0.335 e. The summed E-state index contributed by atoms with van der Waals surface area (Å²) in [5.74, 6) is 0.0111. The third-order valence-electron chi connectivity index (χ3n) is 6.03. The monoisotopic (exact) mass is 410 g/mol. The Kier molecular flexibility index (Phi) is 5.26. The first kappa shape index (κ1) is 19.5. The smallest absolute Gasteiger partial charge is 0.274 e. The van der Waals surface area contributed by atoms with Crippen molar-refractivity contribution in [3.63, 3.8) is 0 Å². The molecule has 0 atom stereocenters. The fraction of sp³-hybridized carbons (Fsp3) is 0.231. The number of imidazole rings is 1. The van der Waals surface area contributed by atoms with Crippen molar-refractivity contribution in [2.75, 3.05) is 26.2 Å². The van der Waals surface area contributed by atoms with Crippen molar-refractivity contribution in [1.82, 2.24) is 19.2 Å². The number of aryl methyl sites for hydroxylation is 1. The first-order valence-electron chi connectivity index (χ1n) is 10.8. The van der Waals surface area contributed by atoms with E-state index in [-0.39, 0.29) is 11.9 Å². The van der Waals surface area contributed by atoms with Gasteiger partial charge in [0.1, 0.15) is 11.3 Å². The Bertz CT molecular complexity index is 1140. The van der Waals surface area contributed by atoms with E-state index < -0.39 is 0 Å². The molecule has 0 N–H and O–H groups in total. The van der Waals surface area contributed by atoms with Gasteiger partial charge in [0.15, 0.2) is 0 Å². The fourth-order valence-electron chi connectivity index (χ4n) is 4.42. The van der Waals surface area contributed by atoms with Gasteiger partial charge in [-0.1, -0.05) is 60.7 Å². The van der Waals surface area contributed by atoms with Gasteiger partial charge >= 0.3 is 0 Å². The van der Waals surface area contributed by atoms with Crippen molar-refractivity contribution in [1.29, 1.82) is 0 Å². The lowest BCUT2D eigenvalue weighted by Crippen LogP contribution is -2.50. The number of rotatable bonds is 4. The van der Waals surface area contributed by atoms with E-state index in [9.17, 15) is 4.79 Å². The number of nitrogens with zero attached hydrogens (tertiary/aromatic N) is 4. The Morgan fingerprint density at radius 1 is 0.871 bits per heavy atom. The predicted molar refractivity (Wildman–Crippen MR) is 122 cm³/mol. The third-order valence-corrected chi connectivity index (χ3v) is 6.03. The molecule has 5 heteroatoms. The number of piperazine rings is 1. The van der Waals surface area contributed by atoms with Crippen molar-refractivity contribution in [3.8, 4) is 0 Å². The molecule has 0 unspecified atom stereocenters. The minimum Gasteiger partial charge on any atom is -0.335 e. The molecule has 3 heterocycles. The van der Waals surface area contributed by atoms with Crippen LogP contribution in [0.15, 0.2) is 85.2 Å². The highest BCUT2D eigenvalue weighted by Gasteiger charge is 2.29. The van der Waals surface area contributed by atoms with Gasteiger partial charge in [-0.25, -0.2) is 4.98 Å². The minimum absolute atomic E-state index is 0.0111. The van der Waals surface area contributed by atoms with Crippen molar-refractivity contribution < 1.29 is 4.79 Å². The molecule has 5 nitrogen and oxygen atoms in total. The fourth-order valence-corrected chi connectivity index (χ4v) is 4.42. The van der Waals surface area contributed by atoms with Gasteiger partial charge in [0.25, 0.3) is 5.91 Å². The normalized spacial score (nSPS) is 15.0. The van der Waals surface area contributed by atoms with Crippen LogP contribution in [0.5, 0.6) is 0 Å². The van der Waals surface area contributed by atoms with Crippen LogP contribution in [-0.2, 0) is 0 Å². The molecule has 5 rings (SSSR count). The zero-order valence-corrected chi connectivity index (χ0v) is 17.7. The Morgan fingerprint density at radius 3 is 2.10 bits per heavy atom. The highest BCUT2D eigenvalue weighted by atomic mass is 16.2. The van der Waals surface area contributed by atoms with Crippen LogP contribution >= 0.6 is 0 Å². The molecule has 2 aromatic carbocycles. The Morgan fingerprint density at radius 2 is 1.48 bits per heavy atom. The second-order valence-electron chi connectivity index (χ2n) is 8.15. The minimum atomic E-state index is 0.0111. The number of benzene rings is 2. The van der Waals surface area contributed by atoms with E-state index in [1.54, 1.807) is 0 Å². The van der Waals surface area contributed by atoms with Gasteiger partial charge in [0.05, 0.1) is 6.04 Å². The number of pyridine rings is 1. The van der Waals surface area contributed by atoms with Gasteiger partial charge in [-0.2, -0.15) is 0 Å². The first-order chi connectivity index (χ1) is 15.2. The quantitative estimate of drug-likeness (QED) is 0.507. The van der Waals surface area contributed by atoms with Crippen LogP contribution in [0.25, 0.3) is 5.65 Å². The topological polar surface area (TPSA) is 40.9 Å². The Hall–Kier alpha value is -3.44. The molecule has 0 aliphatic carbocycles. The van der Waals surface area contributed by atoms with E-state index in [0.29, 0.717) is 18.8 Å². The van der Waals surface area contributed by atoms with Gasteiger partial charge in [0.2, 0.25) is 0 Å². The van der Waals surface area contributed by atoms with Gasteiger partial charge in [-0.3, -0.25) is 9.69 Å². The van der Waals surface area contributed by atoms with Gasteiger partial charge in [0, 0.05) is 38.6 Å². The van der Waals surface area contributed by atoms with E-state index in [0.717, 1.165) is 24.3 Å². The summed E-state index contributed by atoms with van der Waals surface area (Å²) in [5.41, 5.74) is 5.03. The molecule has 0 bridgehead atoms. The number of hydrogen-bond donors (Lipinski definition) is 0. The molecule has 156 valence electrons. The molecule has 4 aromatic rings. The molecule has 2 aromatic heterocycles. The average molecular weight is 411 g/mol. The lowest BCUT2D eigenvalue weighted by Gasteiger charge is -2.39. The summed E-state index contributed by atoms with van der Waals surface area (Å²) in [6.07, 6.45) is 3.79. The SMILES string of the molecule is Cc1ccn2cc(C(=O)N3CCN(C(c4ccccc4)c4ccccc4)CC3)nc2c1. The van der Waals surface area contributed by atoms with Gasteiger partial charge < -0.3 is 9.30 Å². The molecule has 1 aliphatic heterocycles. The summed E-state index contributed by atoms with van der Waals surface area (Å²) < 4.78 is 1.91. The lowest BCUT2D eigenvalue weighted by molar-refractivity contribution is 0.0592. The summed E-state index contributed by atoms with van der Waals surface area (Å²) in [5, 5.41) is 0. The number of amides is 1. The van der Waals surface area contributed by atoms with Crippen LogP contribution in [0.1, 0.15) is 33.2 Å². The first-order valence-corrected chi connectivity index (χ1v) is 10.8. The maximum atomic E-state index is 13.1. The molecular formula is C26H26N4O. The molecular weight excluding hydrogens is 384 g/mol. The van der Waals surface area contributed by atoms with Gasteiger partial charge in [-0.15, -0.1) is 0 Å². The van der Waals surface area contributed by atoms with Crippen molar-refractivity contribution >= 4 is 11.6 Å². The Balaban J connectivity index is 1.34. The predicted octanol–water partition coefficient (Wildman–Crippen LogP) is 4.19. The van der Waals surface area contributed by atoms with Gasteiger partial charge in [-0.05, 0) is 35.7 Å². The van der Waals surface area contributed by atoms with Crippen LogP contribution in [0.3, 0.4) is 0 Å². The zero-order chi connectivity index (χ0) is 21.2. The summed E-state index contributed by atoms with van der Waals surface area (Å²) >= 11 is 0. The highest BCUT2D eigenvalue weighted by molar-refractivity contribution is 5.93. The summed E-state index contributed by atoms with van der Waals surface area (Å²) in [4.78, 5) is 22.1. The third kappa shape index (κ3) is 3.97. The molecule has 1 saturated heterocycles. The lowest BCUT2D eigenvalue weighted by atomic mass is 9.96. The number of fused-ring (bicyclic) bond motifs is 1. The molecule has 1 aliphatic rings. The van der Waals surface area contributed by atoms with Crippen LogP contribution in [-0.4, -0.2) is 51.3 Å². The van der Waals surface area contributed by atoms with E-state index in [1.165, 1.54) is 11.1 Å². The number of carbonyl (C=O) groups excluding carboxylic acids is 1. The van der Waals surface area contributed by atoms with Crippen molar-refractivity contribution in [2.24, 2.45) is 0 Å². The maximum Gasteiger partial charge on any atom is 0.274 e. The molecule has 31 heavy (non-hydrogen) atoms. The molecule has 1 fully saturated rings. The van der Waals surface area contributed by atoms with Crippen LogP contribution < -0.4 is 0 Å². The maximum absolute atomic E-state index is 13.1. The standard InChI is InChI=1S/C26H26N4O/c1-20-12-13-30-19-23(27-24(30)18-20)26(31)29-16-14-28(15-17-29)25(21-8-4-2-5-9-21)22-10-6-3-7-11-22/h2-13,18-19,25H,14-17H2,1H3. The van der Waals surface area contributed by atoms with Crippen molar-refractivity contribution in [2.45, 2.75) is 13.0 Å². The van der Waals surface area contributed by atoms with E-state index >= 15 is 0 Å². The second-order valence-corrected chi connectivity index (χ2v) is 8.15. The molecule has 0 spiro atoms. The van der Waals surface area contributed by atoms with E-state index in [2.05, 4.69) is 70.5 Å².